The number of rotatable bonds is 2. The Balaban J connectivity index is 1.99. The fourth-order valence-electron chi connectivity index (χ4n) is 2.30. The SMILES string of the molecule is O=C(O)C=CN1CCOC2CCCC21. The first-order chi connectivity index (χ1) is 6.77. The van der Waals surface area contributed by atoms with E-state index in [1.54, 1.807) is 6.20 Å². The molecule has 1 aliphatic heterocycles. The first kappa shape index (κ1) is 9.52. The van der Waals surface area contributed by atoms with Crippen LogP contribution in [0.1, 0.15) is 19.3 Å². The van der Waals surface area contributed by atoms with Crippen LogP contribution in [0.5, 0.6) is 0 Å². The van der Waals surface area contributed by atoms with Gasteiger partial charge in [0, 0.05) is 18.8 Å². The highest BCUT2D eigenvalue weighted by atomic mass is 16.5. The smallest absolute Gasteiger partial charge is 0.329 e. The number of ether oxygens (including phenoxy) is 1. The van der Waals surface area contributed by atoms with Crippen molar-refractivity contribution in [2.45, 2.75) is 31.4 Å². The molecule has 0 amide bonds. The normalized spacial score (nSPS) is 32.1. The van der Waals surface area contributed by atoms with Crippen LogP contribution in [-0.4, -0.2) is 41.3 Å². The van der Waals surface area contributed by atoms with Gasteiger partial charge in [0.15, 0.2) is 0 Å². The van der Waals surface area contributed by atoms with Gasteiger partial charge in [-0.15, -0.1) is 0 Å². The fourth-order valence-corrected chi connectivity index (χ4v) is 2.30. The fraction of sp³-hybridized carbons (Fsp3) is 0.700. The molecule has 2 atom stereocenters. The monoisotopic (exact) mass is 197 g/mol. The minimum absolute atomic E-state index is 0.321. The number of morpholine rings is 1. The average molecular weight is 197 g/mol. The predicted molar refractivity (Wildman–Crippen MR) is 50.9 cm³/mol. The number of aliphatic carboxylic acids is 1. The zero-order valence-electron chi connectivity index (χ0n) is 8.06. The maximum atomic E-state index is 10.4. The van der Waals surface area contributed by atoms with E-state index in [0.29, 0.717) is 18.8 Å². The van der Waals surface area contributed by atoms with Gasteiger partial charge in [0.2, 0.25) is 0 Å². The van der Waals surface area contributed by atoms with Gasteiger partial charge in [-0.05, 0) is 19.3 Å². The molecule has 0 aromatic heterocycles. The van der Waals surface area contributed by atoms with Crippen molar-refractivity contribution in [3.05, 3.63) is 12.3 Å². The summed E-state index contributed by atoms with van der Waals surface area (Å²) in [5, 5.41) is 8.54. The molecule has 2 fully saturated rings. The first-order valence-corrected chi connectivity index (χ1v) is 5.06. The summed E-state index contributed by atoms with van der Waals surface area (Å²) in [6, 6.07) is 0.402. The van der Waals surface area contributed by atoms with E-state index < -0.39 is 5.97 Å². The summed E-state index contributed by atoms with van der Waals surface area (Å²) in [6.07, 6.45) is 6.64. The Labute approximate surface area is 83.2 Å². The van der Waals surface area contributed by atoms with Crippen LogP contribution in [0.25, 0.3) is 0 Å². The zero-order valence-corrected chi connectivity index (χ0v) is 8.06. The third-order valence-corrected chi connectivity index (χ3v) is 2.93. The largest absolute Gasteiger partial charge is 0.478 e. The van der Waals surface area contributed by atoms with Crippen molar-refractivity contribution in [1.82, 2.24) is 4.90 Å². The lowest BCUT2D eigenvalue weighted by Gasteiger charge is -2.36. The molecule has 78 valence electrons. The molecule has 1 N–H and O–H groups in total. The molecular formula is C10H15NO3. The maximum Gasteiger partial charge on any atom is 0.329 e. The van der Waals surface area contributed by atoms with Crippen LogP contribution in [-0.2, 0) is 9.53 Å². The van der Waals surface area contributed by atoms with Gasteiger partial charge >= 0.3 is 5.97 Å². The molecule has 0 radical (unpaired) electrons. The van der Waals surface area contributed by atoms with Crippen LogP contribution in [0.4, 0.5) is 0 Å². The van der Waals surface area contributed by atoms with Gasteiger partial charge in [-0.2, -0.15) is 0 Å². The average Bonchev–Trinajstić information content (AvgIpc) is 2.62. The first-order valence-electron chi connectivity index (χ1n) is 5.06. The second kappa shape index (κ2) is 4.00. The van der Waals surface area contributed by atoms with Gasteiger partial charge in [0.25, 0.3) is 0 Å². The summed E-state index contributed by atoms with van der Waals surface area (Å²) >= 11 is 0. The predicted octanol–water partition coefficient (Wildman–Crippen LogP) is 0.838. The van der Waals surface area contributed by atoms with E-state index in [-0.39, 0.29) is 0 Å². The summed E-state index contributed by atoms with van der Waals surface area (Å²) in [5.74, 6) is -0.883. The Kier molecular flexibility index (Phi) is 2.72. The maximum absolute atomic E-state index is 10.4. The van der Waals surface area contributed by atoms with Crippen molar-refractivity contribution in [2.75, 3.05) is 13.2 Å². The van der Waals surface area contributed by atoms with E-state index in [1.807, 2.05) is 0 Å². The molecule has 0 aromatic rings. The van der Waals surface area contributed by atoms with Crippen LogP contribution in [0.2, 0.25) is 0 Å². The molecule has 2 unspecified atom stereocenters. The van der Waals surface area contributed by atoms with Crippen molar-refractivity contribution in [2.24, 2.45) is 0 Å². The molecule has 0 aromatic carbocycles. The molecule has 1 aliphatic carbocycles. The molecule has 4 heteroatoms. The molecule has 14 heavy (non-hydrogen) atoms. The molecule has 0 spiro atoms. The molecular weight excluding hydrogens is 182 g/mol. The number of carboxylic acids is 1. The van der Waals surface area contributed by atoms with E-state index >= 15 is 0 Å². The van der Waals surface area contributed by atoms with Crippen LogP contribution >= 0.6 is 0 Å². The Hall–Kier alpha value is -1.03. The second-order valence-electron chi connectivity index (χ2n) is 3.80. The van der Waals surface area contributed by atoms with Crippen molar-refractivity contribution in [1.29, 1.82) is 0 Å². The Morgan fingerprint density at radius 3 is 3.14 bits per heavy atom. The number of hydrogen-bond donors (Lipinski definition) is 1. The number of nitrogens with zero attached hydrogens (tertiary/aromatic N) is 1. The van der Waals surface area contributed by atoms with E-state index in [1.165, 1.54) is 12.5 Å². The van der Waals surface area contributed by atoms with Crippen LogP contribution in [0, 0.1) is 0 Å². The molecule has 0 bridgehead atoms. The third-order valence-electron chi connectivity index (χ3n) is 2.93. The minimum atomic E-state index is -0.883. The number of carbonyl (C=O) groups is 1. The van der Waals surface area contributed by atoms with Crippen molar-refractivity contribution >= 4 is 5.97 Å². The van der Waals surface area contributed by atoms with Crippen molar-refractivity contribution in [3.63, 3.8) is 0 Å². The zero-order chi connectivity index (χ0) is 9.97. The molecule has 2 rings (SSSR count). The highest BCUT2D eigenvalue weighted by molar-refractivity contribution is 5.79. The number of hydrogen-bond acceptors (Lipinski definition) is 3. The van der Waals surface area contributed by atoms with Crippen molar-refractivity contribution < 1.29 is 14.6 Å². The highest BCUT2D eigenvalue weighted by Crippen LogP contribution is 2.29. The van der Waals surface area contributed by atoms with E-state index in [0.717, 1.165) is 19.4 Å². The molecule has 1 heterocycles. The standard InChI is InChI=1S/C10H15NO3/c12-10(13)4-5-11-6-7-14-9-3-1-2-8(9)11/h4-5,8-9H,1-3,6-7H2,(H,12,13). The summed E-state index contributed by atoms with van der Waals surface area (Å²) in [4.78, 5) is 12.5. The summed E-state index contributed by atoms with van der Waals surface area (Å²) in [5.41, 5.74) is 0. The van der Waals surface area contributed by atoms with E-state index in [2.05, 4.69) is 4.90 Å². The lowest BCUT2D eigenvalue weighted by molar-refractivity contribution is -0.131. The molecule has 1 saturated heterocycles. The van der Waals surface area contributed by atoms with Crippen LogP contribution in [0.3, 0.4) is 0 Å². The number of fused-ring (bicyclic) bond motifs is 1. The van der Waals surface area contributed by atoms with Gasteiger partial charge in [0.05, 0.1) is 18.8 Å². The van der Waals surface area contributed by atoms with Gasteiger partial charge in [-0.3, -0.25) is 0 Å². The van der Waals surface area contributed by atoms with E-state index in [9.17, 15) is 4.79 Å². The third kappa shape index (κ3) is 1.90. The molecule has 2 aliphatic rings. The Morgan fingerprint density at radius 2 is 2.36 bits per heavy atom. The van der Waals surface area contributed by atoms with E-state index in [4.69, 9.17) is 9.84 Å². The summed E-state index contributed by atoms with van der Waals surface area (Å²) in [7, 11) is 0. The summed E-state index contributed by atoms with van der Waals surface area (Å²) in [6.45, 7) is 1.52. The molecule has 1 saturated carbocycles. The molecule has 4 nitrogen and oxygen atoms in total. The van der Waals surface area contributed by atoms with Crippen LogP contribution in [0.15, 0.2) is 12.3 Å². The van der Waals surface area contributed by atoms with Crippen LogP contribution < -0.4 is 0 Å². The second-order valence-corrected chi connectivity index (χ2v) is 3.80. The van der Waals surface area contributed by atoms with Gasteiger partial charge in [-0.1, -0.05) is 0 Å². The van der Waals surface area contributed by atoms with Gasteiger partial charge in [0.1, 0.15) is 0 Å². The minimum Gasteiger partial charge on any atom is -0.478 e. The lowest BCUT2D eigenvalue weighted by atomic mass is 10.1. The number of carboxylic acid groups (broad SMARTS) is 1. The lowest BCUT2D eigenvalue weighted by Crippen LogP contribution is -2.45. The highest BCUT2D eigenvalue weighted by Gasteiger charge is 2.34. The Morgan fingerprint density at radius 1 is 1.50 bits per heavy atom. The van der Waals surface area contributed by atoms with Gasteiger partial charge in [-0.25, -0.2) is 4.79 Å². The Bertz CT molecular complexity index is 252. The quantitative estimate of drug-likeness (QED) is 0.666. The van der Waals surface area contributed by atoms with Gasteiger partial charge < -0.3 is 14.7 Å². The topological polar surface area (TPSA) is 49.8 Å². The van der Waals surface area contributed by atoms with Crippen molar-refractivity contribution in [3.8, 4) is 0 Å². The summed E-state index contributed by atoms with van der Waals surface area (Å²) < 4.78 is 5.62.